The lowest BCUT2D eigenvalue weighted by Crippen LogP contribution is -2.05. The first-order valence-corrected chi connectivity index (χ1v) is 4.34. The second kappa shape index (κ2) is 5.36. The molecule has 0 bridgehead atoms. The van der Waals surface area contributed by atoms with Crippen molar-refractivity contribution in [3.05, 3.63) is 12.3 Å². The summed E-state index contributed by atoms with van der Waals surface area (Å²) in [5.74, 6) is -1.06. The Bertz CT molecular complexity index is 245. The third-order valence-electron chi connectivity index (χ3n) is 1.62. The van der Waals surface area contributed by atoms with Gasteiger partial charge in [-0.05, 0) is 12.8 Å². The number of carbonyl (C=O) groups excluding carboxylic acids is 2. The lowest BCUT2D eigenvalue weighted by atomic mass is 10.4. The van der Waals surface area contributed by atoms with Gasteiger partial charge in [0.05, 0.1) is 12.0 Å². The zero-order chi connectivity index (χ0) is 10.4. The predicted octanol–water partition coefficient (Wildman–Crippen LogP) is 0.966. The van der Waals surface area contributed by atoms with Gasteiger partial charge < -0.3 is 9.47 Å². The third kappa shape index (κ3) is 4.02. The number of ether oxygens (including phenoxy) is 2. The summed E-state index contributed by atoms with van der Waals surface area (Å²) in [6, 6.07) is 0. The van der Waals surface area contributed by atoms with E-state index in [1.54, 1.807) is 0 Å². The number of alkyl halides is 1. The molecular weight excluding hydrogens is 191 g/mol. The van der Waals surface area contributed by atoms with E-state index in [2.05, 4.69) is 9.47 Å². The summed E-state index contributed by atoms with van der Waals surface area (Å²) in [6.07, 6.45) is 3.62. The Balaban J connectivity index is 2.12. The van der Waals surface area contributed by atoms with Crippen molar-refractivity contribution in [1.29, 1.82) is 0 Å². The quantitative estimate of drug-likeness (QED) is 0.378. The molecule has 0 radical (unpaired) electrons. The van der Waals surface area contributed by atoms with E-state index in [0.717, 1.165) is 25.2 Å². The molecule has 0 heterocycles. The number of halogens is 1. The van der Waals surface area contributed by atoms with Gasteiger partial charge in [0.2, 0.25) is 0 Å². The van der Waals surface area contributed by atoms with Crippen LogP contribution in [0, 0.1) is 5.92 Å². The molecule has 0 N–H and O–H groups in total. The van der Waals surface area contributed by atoms with E-state index >= 15 is 0 Å². The number of hydrogen-bond donors (Lipinski definition) is 0. The van der Waals surface area contributed by atoms with Crippen LogP contribution >= 0.6 is 0 Å². The van der Waals surface area contributed by atoms with Crippen LogP contribution in [0.3, 0.4) is 0 Å². The summed E-state index contributed by atoms with van der Waals surface area (Å²) in [5, 5.41) is 0. The Kier molecular flexibility index (Phi) is 4.10. The van der Waals surface area contributed by atoms with Crippen LogP contribution in [-0.2, 0) is 19.1 Å². The van der Waals surface area contributed by atoms with Gasteiger partial charge in [0.1, 0.15) is 19.5 Å². The van der Waals surface area contributed by atoms with Crippen LogP contribution in [0.4, 0.5) is 4.39 Å². The average molecular weight is 202 g/mol. The van der Waals surface area contributed by atoms with Gasteiger partial charge in [-0.25, -0.2) is 9.18 Å². The molecule has 0 amide bonds. The molecule has 1 aliphatic rings. The van der Waals surface area contributed by atoms with Gasteiger partial charge in [-0.2, -0.15) is 0 Å². The highest BCUT2D eigenvalue weighted by Crippen LogP contribution is 2.29. The van der Waals surface area contributed by atoms with E-state index < -0.39 is 12.6 Å². The first-order chi connectivity index (χ1) is 6.74. The van der Waals surface area contributed by atoms with Crippen LogP contribution < -0.4 is 0 Å². The molecule has 1 aliphatic carbocycles. The Morgan fingerprint density at radius 1 is 1.43 bits per heavy atom. The van der Waals surface area contributed by atoms with Crippen molar-refractivity contribution in [2.24, 2.45) is 5.92 Å². The fraction of sp³-hybridized carbons (Fsp3) is 0.556. The van der Waals surface area contributed by atoms with Crippen molar-refractivity contribution < 1.29 is 23.5 Å². The fourth-order valence-electron chi connectivity index (χ4n) is 0.759. The minimum absolute atomic E-state index is 0.0125. The first-order valence-electron chi connectivity index (χ1n) is 4.34. The van der Waals surface area contributed by atoms with Crippen LogP contribution in [0.5, 0.6) is 0 Å². The summed E-state index contributed by atoms with van der Waals surface area (Å²) in [5.41, 5.74) is 0. The van der Waals surface area contributed by atoms with Crippen LogP contribution in [0.2, 0.25) is 0 Å². The summed E-state index contributed by atoms with van der Waals surface area (Å²) < 4.78 is 20.5. The van der Waals surface area contributed by atoms with Crippen molar-refractivity contribution >= 4 is 11.9 Å². The van der Waals surface area contributed by atoms with Crippen LogP contribution in [0.1, 0.15) is 12.8 Å². The Morgan fingerprint density at radius 2 is 2.14 bits per heavy atom. The van der Waals surface area contributed by atoms with Gasteiger partial charge in [-0.3, -0.25) is 4.79 Å². The standard InChI is InChI=1S/C9H11FO4/c10-4-6-13-8(11)3-5-14-9(12)7-1-2-7/h3,5,7H,1-2,4,6H2/b5-3+. The molecular formula is C9H11FO4. The van der Waals surface area contributed by atoms with Crippen LogP contribution in [0.15, 0.2) is 12.3 Å². The molecule has 1 rings (SSSR count). The highest BCUT2D eigenvalue weighted by Gasteiger charge is 2.30. The second-order valence-corrected chi connectivity index (χ2v) is 2.87. The maximum absolute atomic E-state index is 11.5. The number of rotatable bonds is 5. The monoisotopic (exact) mass is 202 g/mol. The van der Waals surface area contributed by atoms with E-state index in [4.69, 9.17) is 0 Å². The molecule has 0 aromatic rings. The molecule has 4 nitrogen and oxygen atoms in total. The minimum Gasteiger partial charge on any atom is -0.460 e. The molecule has 0 unspecified atom stereocenters. The van der Waals surface area contributed by atoms with E-state index in [1.165, 1.54) is 0 Å². The minimum atomic E-state index is -0.721. The molecule has 5 heteroatoms. The van der Waals surface area contributed by atoms with Gasteiger partial charge in [0.15, 0.2) is 0 Å². The molecule has 0 atom stereocenters. The average Bonchev–Trinajstić information content (AvgIpc) is 2.97. The Morgan fingerprint density at radius 3 is 2.71 bits per heavy atom. The predicted molar refractivity (Wildman–Crippen MR) is 44.9 cm³/mol. The molecule has 1 saturated carbocycles. The van der Waals surface area contributed by atoms with Crippen molar-refractivity contribution in [3.8, 4) is 0 Å². The smallest absolute Gasteiger partial charge is 0.333 e. The van der Waals surface area contributed by atoms with Gasteiger partial charge in [-0.1, -0.05) is 0 Å². The Hall–Kier alpha value is -1.39. The second-order valence-electron chi connectivity index (χ2n) is 2.87. The Labute approximate surface area is 80.7 Å². The lowest BCUT2D eigenvalue weighted by molar-refractivity contribution is -0.140. The van der Waals surface area contributed by atoms with E-state index in [1.807, 2.05) is 0 Å². The lowest BCUT2D eigenvalue weighted by Gasteiger charge is -1.97. The van der Waals surface area contributed by atoms with Crippen molar-refractivity contribution in [2.75, 3.05) is 13.3 Å². The third-order valence-corrected chi connectivity index (χ3v) is 1.62. The maximum atomic E-state index is 11.5. The fourth-order valence-corrected chi connectivity index (χ4v) is 0.759. The number of esters is 2. The van der Waals surface area contributed by atoms with E-state index in [0.29, 0.717) is 0 Å². The zero-order valence-electron chi connectivity index (χ0n) is 7.57. The maximum Gasteiger partial charge on any atom is 0.333 e. The highest BCUT2D eigenvalue weighted by atomic mass is 19.1. The topological polar surface area (TPSA) is 52.6 Å². The van der Waals surface area contributed by atoms with Gasteiger partial charge in [0, 0.05) is 0 Å². The van der Waals surface area contributed by atoms with Crippen LogP contribution in [-0.4, -0.2) is 25.2 Å². The van der Waals surface area contributed by atoms with E-state index in [9.17, 15) is 14.0 Å². The van der Waals surface area contributed by atoms with E-state index in [-0.39, 0.29) is 18.5 Å². The van der Waals surface area contributed by atoms with Crippen molar-refractivity contribution in [1.82, 2.24) is 0 Å². The SMILES string of the molecule is O=C(/C=C/OC(=O)C1CC1)OCCF. The largest absolute Gasteiger partial charge is 0.460 e. The summed E-state index contributed by atoms with van der Waals surface area (Å²) in [6.45, 7) is -0.999. The molecule has 0 aromatic heterocycles. The molecule has 0 spiro atoms. The molecule has 0 aliphatic heterocycles. The van der Waals surface area contributed by atoms with Gasteiger partial charge >= 0.3 is 11.9 Å². The molecule has 0 aromatic carbocycles. The molecule has 14 heavy (non-hydrogen) atoms. The van der Waals surface area contributed by atoms with Gasteiger partial charge in [-0.15, -0.1) is 0 Å². The zero-order valence-corrected chi connectivity index (χ0v) is 7.57. The van der Waals surface area contributed by atoms with Crippen LogP contribution in [0.25, 0.3) is 0 Å². The summed E-state index contributed by atoms with van der Waals surface area (Å²) in [4.78, 5) is 21.6. The highest BCUT2D eigenvalue weighted by molar-refractivity contribution is 5.82. The first kappa shape index (κ1) is 10.7. The number of carbonyl (C=O) groups is 2. The van der Waals surface area contributed by atoms with Crippen molar-refractivity contribution in [2.45, 2.75) is 12.8 Å². The summed E-state index contributed by atoms with van der Waals surface area (Å²) >= 11 is 0. The van der Waals surface area contributed by atoms with Crippen molar-refractivity contribution in [3.63, 3.8) is 0 Å². The molecule has 78 valence electrons. The normalized spacial score (nSPS) is 15.5. The molecule has 1 fully saturated rings. The number of hydrogen-bond acceptors (Lipinski definition) is 4. The summed E-state index contributed by atoms with van der Waals surface area (Å²) in [7, 11) is 0. The molecule has 0 saturated heterocycles. The van der Waals surface area contributed by atoms with Gasteiger partial charge in [0.25, 0.3) is 0 Å².